The Hall–Kier alpha value is -5.35. The third kappa shape index (κ3) is 7.86. The van der Waals surface area contributed by atoms with Crippen molar-refractivity contribution in [2.45, 2.75) is 24.6 Å². The third-order valence-electron chi connectivity index (χ3n) is 5.14. The second-order valence-corrected chi connectivity index (χ2v) is 8.07. The molecule has 3 N–H and O–H groups in total. The van der Waals surface area contributed by atoms with Crippen LogP contribution in [0.15, 0.2) is 71.3 Å². The molecule has 0 aliphatic rings. The van der Waals surface area contributed by atoms with E-state index in [0.29, 0.717) is 24.3 Å². The van der Waals surface area contributed by atoms with Gasteiger partial charge in [-0.2, -0.15) is 26.3 Å². The Kier molecular flexibility index (Phi) is 9.24. The number of alkyl halides is 6. The van der Waals surface area contributed by atoms with Crippen LogP contribution in [-0.2, 0) is 31.4 Å². The SMILES string of the molecule is O=C(O[C@@H](C(=O)O)[C@@H](OC(=O)c1cccc(C(F)(F)F)c1)C(=O)NNC(=O)c1ccco1)c1cccc(C(F)(F)F)c1. The van der Waals surface area contributed by atoms with Crippen LogP contribution in [0.5, 0.6) is 0 Å². The Morgan fingerprint density at radius 3 is 1.64 bits per heavy atom. The standard InChI is InChI=1S/C25H16F6N2O9/c26-24(27,28)14-6-1-4-12(10-14)22(38)41-17(20(35)33-32-19(34)16-8-3-9-40-16)18(21(36)37)42-23(39)13-5-2-7-15(11-13)25(29,30)31/h1-11,17-18H,(H,32,34)(H,33,35)(H,36,37)/t17-,18-/m1/s1. The summed E-state index contributed by atoms with van der Waals surface area (Å²) < 4.78 is 92.7. The summed E-state index contributed by atoms with van der Waals surface area (Å²) >= 11 is 0. The number of halogens is 6. The molecule has 0 fully saturated rings. The van der Waals surface area contributed by atoms with Gasteiger partial charge in [0.25, 0.3) is 5.91 Å². The lowest BCUT2D eigenvalue weighted by atomic mass is 10.1. The minimum atomic E-state index is -4.91. The van der Waals surface area contributed by atoms with Gasteiger partial charge in [-0.3, -0.25) is 20.4 Å². The molecule has 2 aromatic carbocycles. The lowest BCUT2D eigenvalue weighted by Crippen LogP contribution is -2.54. The fraction of sp³-hybridized carbons (Fsp3) is 0.160. The van der Waals surface area contributed by atoms with Gasteiger partial charge in [-0.1, -0.05) is 12.1 Å². The van der Waals surface area contributed by atoms with Crippen LogP contribution in [-0.4, -0.2) is 47.0 Å². The summed E-state index contributed by atoms with van der Waals surface area (Å²) in [5, 5.41) is 9.65. The Morgan fingerprint density at radius 1 is 0.714 bits per heavy atom. The molecule has 0 saturated heterocycles. The van der Waals surface area contributed by atoms with E-state index in [2.05, 4.69) is 4.74 Å². The van der Waals surface area contributed by atoms with E-state index in [-0.39, 0.29) is 5.76 Å². The maximum atomic E-state index is 13.1. The van der Waals surface area contributed by atoms with Gasteiger partial charge in [0, 0.05) is 0 Å². The number of rotatable bonds is 8. The number of hydrogen-bond donors (Lipinski definition) is 3. The summed E-state index contributed by atoms with van der Waals surface area (Å²) in [4.78, 5) is 62.1. The van der Waals surface area contributed by atoms with Crippen LogP contribution in [0.2, 0.25) is 0 Å². The average Bonchev–Trinajstić information content (AvgIpc) is 3.47. The molecule has 0 saturated carbocycles. The molecule has 2 atom stereocenters. The monoisotopic (exact) mass is 602 g/mol. The molecule has 0 aliphatic heterocycles. The lowest BCUT2D eigenvalue weighted by molar-refractivity contribution is -0.159. The average molecular weight is 602 g/mol. The molecule has 11 nitrogen and oxygen atoms in total. The number of hydrazine groups is 1. The summed E-state index contributed by atoms with van der Waals surface area (Å²) in [6.45, 7) is 0. The van der Waals surface area contributed by atoms with E-state index in [0.717, 1.165) is 36.6 Å². The highest BCUT2D eigenvalue weighted by atomic mass is 19.4. The van der Waals surface area contributed by atoms with Crippen molar-refractivity contribution in [2.24, 2.45) is 0 Å². The number of carbonyl (C=O) groups excluding carboxylic acids is 4. The molecular formula is C25H16F6N2O9. The molecule has 3 aromatic rings. The number of ether oxygens (including phenoxy) is 2. The molecule has 0 radical (unpaired) electrons. The number of benzene rings is 2. The number of furan rings is 1. The second kappa shape index (κ2) is 12.4. The highest BCUT2D eigenvalue weighted by molar-refractivity contribution is 5.98. The summed E-state index contributed by atoms with van der Waals surface area (Å²) in [6, 6.07) is 7.54. The Bertz CT molecular complexity index is 1490. The molecule has 0 spiro atoms. The van der Waals surface area contributed by atoms with Crippen molar-refractivity contribution >= 4 is 29.7 Å². The number of aliphatic carboxylic acids is 1. The molecule has 42 heavy (non-hydrogen) atoms. The molecule has 0 unspecified atom stereocenters. The maximum absolute atomic E-state index is 13.1. The zero-order valence-electron chi connectivity index (χ0n) is 20.5. The smallest absolute Gasteiger partial charge is 0.416 e. The fourth-order valence-corrected chi connectivity index (χ4v) is 3.17. The van der Waals surface area contributed by atoms with Crippen molar-refractivity contribution < 1.29 is 69.3 Å². The first kappa shape index (κ1) is 31.2. The number of carbonyl (C=O) groups is 5. The van der Waals surface area contributed by atoms with Crippen molar-refractivity contribution in [1.82, 2.24) is 10.9 Å². The Labute approximate surface area is 230 Å². The number of carboxylic acids is 1. The molecule has 0 aliphatic carbocycles. The molecule has 17 heteroatoms. The first-order chi connectivity index (χ1) is 19.6. The number of hydrogen-bond acceptors (Lipinski definition) is 8. The first-order valence-electron chi connectivity index (χ1n) is 11.2. The van der Waals surface area contributed by atoms with Crippen LogP contribution in [0.3, 0.4) is 0 Å². The van der Waals surface area contributed by atoms with Crippen LogP contribution in [0, 0.1) is 0 Å². The summed E-state index contributed by atoms with van der Waals surface area (Å²) in [5.74, 6) is -8.67. The van der Waals surface area contributed by atoms with Crippen molar-refractivity contribution in [3.05, 3.63) is 94.9 Å². The van der Waals surface area contributed by atoms with Gasteiger partial charge in [0.05, 0.1) is 28.5 Å². The normalized spacial score (nSPS) is 12.9. The van der Waals surface area contributed by atoms with Gasteiger partial charge in [0.1, 0.15) is 0 Å². The summed E-state index contributed by atoms with van der Waals surface area (Å²) in [6.07, 6.45) is -14.2. The number of nitrogens with one attached hydrogen (secondary N) is 2. The van der Waals surface area contributed by atoms with Crippen molar-refractivity contribution in [3.8, 4) is 0 Å². The van der Waals surface area contributed by atoms with E-state index in [4.69, 9.17) is 9.15 Å². The van der Waals surface area contributed by atoms with Crippen LogP contribution < -0.4 is 10.9 Å². The minimum Gasteiger partial charge on any atom is -0.478 e. The van der Waals surface area contributed by atoms with Crippen molar-refractivity contribution in [3.63, 3.8) is 0 Å². The van der Waals surface area contributed by atoms with Gasteiger partial charge >= 0.3 is 36.2 Å². The molecule has 3 rings (SSSR count). The van der Waals surface area contributed by atoms with Crippen molar-refractivity contribution in [1.29, 1.82) is 0 Å². The first-order valence-corrected chi connectivity index (χ1v) is 11.2. The molecule has 0 bridgehead atoms. The predicted molar refractivity (Wildman–Crippen MR) is 123 cm³/mol. The van der Waals surface area contributed by atoms with Gasteiger partial charge in [-0.15, -0.1) is 0 Å². The van der Waals surface area contributed by atoms with Gasteiger partial charge in [-0.05, 0) is 48.5 Å². The molecule has 1 heterocycles. The lowest BCUT2D eigenvalue weighted by Gasteiger charge is -2.23. The van der Waals surface area contributed by atoms with Crippen LogP contribution in [0.1, 0.15) is 42.4 Å². The highest BCUT2D eigenvalue weighted by Gasteiger charge is 2.42. The molecule has 222 valence electrons. The van der Waals surface area contributed by atoms with Crippen LogP contribution in [0.25, 0.3) is 0 Å². The van der Waals surface area contributed by atoms with Crippen LogP contribution >= 0.6 is 0 Å². The van der Waals surface area contributed by atoms with E-state index in [1.54, 1.807) is 10.9 Å². The van der Waals surface area contributed by atoms with E-state index >= 15 is 0 Å². The van der Waals surface area contributed by atoms with Crippen molar-refractivity contribution in [2.75, 3.05) is 0 Å². The van der Waals surface area contributed by atoms with Gasteiger partial charge < -0.3 is 19.0 Å². The summed E-state index contributed by atoms with van der Waals surface area (Å²) in [7, 11) is 0. The second-order valence-electron chi connectivity index (χ2n) is 8.07. The zero-order valence-corrected chi connectivity index (χ0v) is 20.5. The third-order valence-corrected chi connectivity index (χ3v) is 5.14. The Balaban J connectivity index is 1.92. The maximum Gasteiger partial charge on any atom is 0.416 e. The van der Waals surface area contributed by atoms with E-state index in [9.17, 15) is 55.4 Å². The highest BCUT2D eigenvalue weighted by Crippen LogP contribution is 2.31. The minimum absolute atomic E-state index is 0.314. The van der Waals surface area contributed by atoms with Crippen LogP contribution in [0.4, 0.5) is 26.3 Å². The van der Waals surface area contributed by atoms with Gasteiger partial charge in [0.2, 0.25) is 12.2 Å². The molecular weight excluding hydrogens is 586 g/mol. The van der Waals surface area contributed by atoms with E-state index in [1.165, 1.54) is 6.07 Å². The molecule has 2 amide bonds. The van der Waals surface area contributed by atoms with Gasteiger partial charge in [-0.25, -0.2) is 14.4 Å². The number of amides is 2. The zero-order chi connectivity index (χ0) is 31.2. The predicted octanol–water partition coefficient (Wildman–Crippen LogP) is 3.61. The largest absolute Gasteiger partial charge is 0.478 e. The Morgan fingerprint density at radius 2 is 1.21 bits per heavy atom. The number of esters is 2. The van der Waals surface area contributed by atoms with Gasteiger partial charge in [0.15, 0.2) is 5.76 Å². The van der Waals surface area contributed by atoms with E-state index in [1.807, 2.05) is 0 Å². The topological polar surface area (TPSA) is 161 Å². The summed E-state index contributed by atoms with van der Waals surface area (Å²) in [5.41, 5.74) is -0.784. The quantitative estimate of drug-likeness (QED) is 0.199. The van der Waals surface area contributed by atoms with E-state index < -0.39 is 76.5 Å². The fourth-order valence-electron chi connectivity index (χ4n) is 3.17. The molecule has 1 aromatic heterocycles. The number of carboxylic acid groups (broad SMARTS) is 1.